The van der Waals surface area contributed by atoms with Crippen molar-refractivity contribution in [2.45, 2.75) is 32.5 Å². The maximum Gasteiger partial charge on any atom is 0.285 e. The maximum atomic E-state index is 14.2. The Labute approximate surface area is 190 Å². The summed E-state index contributed by atoms with van der Waals surface area (Å²) in [6, 6.07) is 2.43. The molecule has 0 aliphatic rings. The third kappa shape index (κ3) is 5.47. The van der Waals surface area contributed by atoms with Crippen LogP contribution in [0, 0.1) is 18.6 Å². The summed E-state index contributed by atoms with van der Waals surface area (Å²) in [5.74, 6) is -2.62. The molecular weight excluding hydrogens is 461 g/mol. The molecule has 1 amide bonds. The van der Waals surface area contributed by atoms with Gasteiger partial charge in [-0.05, 0) is 44.5 Å². The Morgan fingerprint density at radius 2 is 1.91 bits per heavy atom. The van der Waals surface area contributed by atoms with Crippen molar-refractivity contribution >= 4 is 15.1 Å². The summed E-state index contributed by atoms with van der Waals surface area (Å²) in [4.78, 5) is 19.6. The average Bonchev–Trinajstić information content (AvgIpc) is 3.26. The Balaban J connectivity index is 1.82. The topological polar surface area (TPSA) is 73.1 Å². The molecule has 0 aliphatic carbocycles. The van der Waals surface area contributed by atoms with Crippen molar-refractivity contribution in [3.63, 3.8) is 0 Å². The van der Waals surface area contributed by atoms with E-state index in [4.69, 9.17) is 4.74 Å². The highest BCUT2D eigenvalue weighted by Gasteiger charge is 2.28. The summed E-state index contributed by atoms with van der Waals surface area (Å²) in [5.41, 5.74) is -3.09. The second-order valence-electron chi connectivity index (χ2n) is 7.32. The molecule has 12 heteroatoms. The summed E-state index contributed by atoms with van der Waals surface area (Å²) in [7, 11) is 1.31. The lowest BCUT2D eigenvalue weighted by atomic mass is 10.1. The number of halogens is 4. The van der Waals surface area contributed by atoms with Crippen molar-refractivity contribution in [2.24, 2.45) is 0 Å². The molecule has 7 nitrogen and oxygen atoms in total. The van der Waals surface area contributed by atoms with E-state index < -0.39 is 40.7 Å². The van der Waals surface area contributed by atoms with Crippen LogP contribution in [0.1, 0.15) is 35.3 Å². The Morgan fingerprint density at radius 3 is 2.48 bits per heavy atom. The second-order valence-corrected chi connectivity index (χ2v) is 8.05. The number of carbonyl (C=O) groups excluding carboxylic acids is 1. The van der Waals surface area contributed by atoms with Gasteiger partial charge in [0.05, 0.1) is 24.0 Å². The molecule has 33 heavy (non-hydrogen) atoms. The number of hydrogen-bond acceptors (Lipinski definition) is 5. The molecule has 1 aromatic carbocycles. The largest absolute Gasteiger partial charge is 0.473 e. The number of aromatic nitrogens is 4. The van der Waals surface area contributed by atoms with Crippen molar-refractivity contribution in [1.82, 2.24) is 24.9 Å². The molecule has 3 aromatic rings. The van der Waals surface area contributed by atoms with Crippen molar-refractivity contribution in [3.8, 4) is 11.6 Å². The number of amides is 1. The highest BCUT2D eigenvalue weighted by atomic mass is 31.0. The molecule has 0 radical (unpaired) electrons. The maximum absolute atomic E-state index is 14.2. The number of likely N-dealkylation sites (N-methyl/N-ethyl adjacent to an activating group) is 1. The normalized spacial score (nSPS) is 12.5. The lowest BCUT2D eigenvalue weighted by Crippen LogP contribution is -2.42. The molecule has 176 valence electrons. The fourth-order valence-corrected chi connectivity index (χ4v) is 3.47. The van der Waals surface area contributed by atoms with Crippen LogP contribution in [0.5, 0.6) is 5.88 Å². The monoisotopic (exact) mass is 483 g/mol. The first-order valence-corrected chi connectivity index (χ1v) is 10.5. The first kappa shape index (κ1) is 24.6. The standard InChI is InChI=1S/C21H22F4N5O2P/c1-4-29(13(3)11-32-19-17(23)8-14(10-26-19)21(24,25)33)20(31)16-9-15(22)7-12(2)18(16)30-27-5-6-28-30/h5-10,13H,4,11,33H2,1-3H3/t13-/m0/s1. The number of alkyl halides is 2. The molecule has 0 fully saturated rings. The van der Waals surface area contributed by atoms with Crippen LogP contribution in [0.4, 0.5) is 17.6 Å². The van der Waals surface area contributed by atoms with Gasteiger partial charge in [-0.15, -0.1) is 0 Å². The molecule has 0 saturated heterocycles. The fourth-order valence-electron chi connectivity index (χ4n) is 3.31. The quantitative estimate of drug-likeness (QED) is 0.356. The van der Waals surface area contributed by atoms with E-state index in [-0.39, 0.29) is 18.7 Å². The van der Waals surface area contributed by atoms with Gasteiger partial charge in [0.1, 0.15) is 18.1 Å². The van der Waals surface area contributed by atoms with Gasteiger partial charge >= 0.3 is 0 Å². The minimum Gasteiger partial charge on any atom is -0.473 e. The lowest BCUT2D eigenvalue weighted by molar-refractivity contribution is 0.0641. The third-order valence-electron chi connectivity index (χ3n) is 4.90. The van der Waals surface area contributed by atoms with E-state index in [2.05, 4.69) is 15.2 Å². The predicted molar refractivity (Wildman–Crippen MR) is 116 cm³/mol. The molecule has 2 atom stereocenters. The van der Waals surface area contributed by atoms with Gasteiger partial charge in [0.2, 0.25) is 5.88 Å². The van der Waals surface area contributed by atoms with Gasteiger partial charge in [0.15, 0.2) is 5.82 Å². The van der Waals surface area contributed by atoms with Crippen LogP contribution < -0.4 is 4.74 Å². The molecule has 2 heterocycles. The Hall–Kier alpha value is -3.07. The van der Waals surface area contributed by atoms with E-state index in [1.807, 2.05) is 0 Å². The molecule has 0 aliphatic heterocycles. The van der Waals surface area contributed by atoms with Crippen molar-refractivity contribution in [2.75, 3.05) is 13.2 Å². The van der Waals surface area contributed by atoms with Crippen molar-refractivity contribution < 1.29 is 27.1 Å². The Bertz CT molecular complexity index is 1140. The first-order chi connectivity index (χ1) is 15.5. The van der Waals surface area contributed by atoms with E-state index in [9.17, 15) is 22.4 Å². The Morgan fingerprint density at radius 1 is 1.24 bits per heavy atom. The zero-order valence-electron chi connectivity index (χ0n) is 18.1. The smallest absolute Gasteiger partial charge is 0.285 e. The number of hydrogen-bond donors (Lipinski definition) is 0. The Kier molecular flexibility index (Phi) is 7.31. The molecule has 0 N–H and O–H groups in total. The van der Waals surface area contributed by atoms with Crippen LogP contribution in [0.3, 0.4) is 0 Å². The average molecular weight is 483 g/mol. The number of carbonyl (C=O) groups is 1. The lowest BCUT2D eigenvalue weighted by Gasteiger charge is -2.29. The molecule has 0 spiro atoms. The molecule has 2 aromatic heterocycles. The number of pyridine rings is 1. The van der Waals surface area contributed by atoms with Gasteiger partial charge < -0.3 is 9.64 Å². The number of ether oxygens (including phenoxy) is 1. The SMILES string of the molecule is CCN(C(=O)c1cc(F)cc(C)c1-n1nccn1)[C@@H](C)COc1ncc(C(F)(F)P)cc1F. The van der Waals surface area contributed by atoms with Crippen molar-refractivity contribution in [1.29, 1.82) is 0 Å². The van der Waals surface area contributed by atoms with Gasteiger partial charge in [0.25, 0.3) is 11.6 Å². The molecule has 0 bridgehead atoms. The van der Waals surface area contributed by atoms with Gasteiger partial charge in [-0.3, -0.25) is 4.79 Å². The molecule has 1 unspecified atom stereocenters. The second kappa shape index (κ2) is 9.82. The van der Waals surface area contributed by atoms with E-state index in [1.54, 1.807) is 20.8 Å². The van der Waals surface area contributed by atoms with E-state index in [0.29, 0.717) is 17.3 Å². The number of benzene rings is 1. The van der Waals surface area contributed by atoms with Crippen LogP contribution in [-0.4, -0.2) is 50.0 Å². The molecular formula is C21H22F4N5O2P. The summed E-state index contributed by atoms with van der Waals surface area (Å²) in [5, 5.41) is 8.09. The first-order valence-electron chi connectivity index (χ1n) is 9.96. The van der Waals surface area contributed by atoms with Crippen LogP contribution in [0.25, 0.3) is 5.69 Å². The zero-order valence-corrected chi connectivity index (χ0v) is 19.3. The minimum atomic E-state index is -3.32. The number of aryl methyl sites for hydroxylation is 1. The number of nitrogens with zero attached hydrogens (tertiary/aromatic N) is 5. The highest BCUT2D eigenvalue weighted by Crippen LogP contribution is 2.35. The zero-order chi connectivity index (χ0) is 24.3. The third-order valence-corrected chi connectivity index (χ3v) is 5.23. The van der Waals surface area contributed by atoms with Gasteiger partial charge in [0, 0.05) is 18.3 Å². The summed E-state index contributed by atoms with van der Waals surface area (Å²) in [6.45, 7) is 5.07. The van der Waals surface area contributed by atoms with Crippen LogP contribution in [0.15, 0.2) is 36.8 Å². The van der Waals surface area contributed by atoms with Gasteiger partial charge in [-0.25, -0.2) is 13.8 Å². The summed E-state index contributed by atoms with van der Waals surface area (Å²) >= 11 is 0. The van der Waals surface area contributed by atoms with Crippen LogP contribution in [-0.2, 0) is 5.66 Å². The minimum absolute atomic E-state index is 0.0498. The van der Waals surface area contributed by atoms with E-state index in [0.717, 1.165) is 12.3 Å². The van der Waals surface area contributed by atoms with Gasteiger partial charge in [-0.1, -0.05) is 9.24 Å². The van der Waals surface area contributed by atoms with Crippen LogP contribution >= 0.6 is 9.24 Å². The number of rotatable bonds is 8. The summed E-state index contributed by atoms with van der Waals surface area (Å²) < 4.78 is 60.3. The highest BCUT2D eigenvalue weighted by molar-refractivity contribution is 7.17. The predicted octanol–water partition coefficient (Wildman–Crippen LogP) is 4.10. The fraction of sp³-hybridized carbons (Fsp3) is 0.333. The molecule has 3 rings (SSSR count). The summed E-state index contributed by atoms with van der Waals surface area (Å²) in [6.07, 6.45) is 3.69. The molecule has 0 saturated carbocycles. The van der Waals surface area contributed by atoms with E-state index >= 15 is 0 Å². The van der Waals surface area contributed by atoms with Gasteiger partial charge in [-0.2, -0.15) is 23.8 Å². The van der Waals surface area contributed by atoms with Crippen molar-refractivity contribution in [3.05, 3.63) is 65.1 Å². The van der Waals surface area contributed by atoms with Crippen LogP contribution in [0.2, 0.25) is 0 Å². The van der Waals surface area contributed by atoms with E-state index in [1.165, 1.54) is 37.4 Å².